The van der Waals surface area contributed by atoms with Crippen LogP contribution in [0.15, 0.2) is 24.3 Å². The molecule has 0 aliphatic heterocycles. The number of hydrogen-bond acceptors (Lipinski definition) is 6. The van der Waals surface area contributed by atoms with Crippen LogP contribution in [0.25, 0.3) is 11.3 Å². The van der Waals surface area contributed by atoms with Gasteiger partial charge in [-0.1, -0.05) is 12.1 Å². The summed E-state index contributed by atoms with van der Waals surface area (Å²) in [5, 5.41) is 17.3. The monoisotopic (exact) mass is 371 g/mol. The molecule has 0 atom stereocenters. The first-order valence-electron chi connectivity index (χ1n) is 8.85. The van der Waals surface area contributed by atoms with Gasteiger partial charge in [-0.15, -0.1) is 0 Å². The topological polar surface area (TPSA) is 77.0 Å². The lowest BCUT2D eigenvalue weighted by Gasteiger charge is -2.29. The van der Waals surface area contributed by atoms with Gasteiger partial charge in [0.2, 0.25) is 0 Å². The molecule has 1 heterocycles. The molecule has 26 heavy (non-hydrogen) atoms. The van der Waals surface area contributed by atoms with Gasteiger partial charge in [-0.05, 0) is 51.9 Å². The second-order valence-electron chi connectivity index (χ2n) is 6.77. The molecular formula is C19H25N5OS. The van der Waals surface area contributed by atoms with Crippen LogP contribution < -0.4 is 9.46 Å². The Morgan fingerprint density at radius 1 is 1.31 bits per heavy atom. The van der Waals surface area contributed by atoms with E-state index in [0.717, 1.165) is 42.7 Å². The predicted molar refractivity (Wildman–Crippen MR) is 105 cm³/mol. The highest BCUT2D eigenvalue weighted by Crippen LogP contribution is 2.37. The molecule has 1 aliphatic carbocycles. The maximum atomic E-state index is 9.74. The highest BCUT2D eigenvalue weighted by Gasteiger charge is 2.27. The van der Waals surface area contributed by atoms with E-state index in [1.165, 1.54) is 0 Å². The van der Waals surface area contributed by atoms with Crippen molar-refractivity contribution in [3.8, 4) is 23.1 Å². The van der Waals surface area contributed by atoms with Crippen molar-refractivity contribution in [1.29, 1.82) is 5.26 Å². The van der Waals surface area contributed by atoms with Gasteiger partial charge in [0.05, 0.1) is 12.8 Å². The lowest BCUT2D eigenvalue weighted by atomic mass is 9.83. The normalized spacial score (nSPS) is 20.1. The fraction of sp³-hybridized carbons (Fsp3) is 0.474. The Labute approximate surface area is 159 Å². The number of ether oxygens (including phenoxy) is 1. The van der Waals surface area contributed by atoms with E-state index in [2.05, 4.69) is 25.3 Å². The van der Waals surface area contributed by atoms with E-state index < -0.39 is 0 Å². The number of nitrogens with one attached hydrogen (secondary N) is 2. The summed E-state index contributed by atoms with van der Waals surface area (Å²) in [5.74, 6) is 1.12. The molecule has 0 bridgehead atoms. The number of benzene rings is 1. The average Bonchev–Trinajstić information content (AvgIpc) is 3.10. The van der Waals surface area contributed by atoms with Crippen LogP contribution in [0.1, 0.15) is 42.9 Å². The maximum absolute atomic E-state index is 9.74. The highest BCUT2D eigenvalue weighted by molar-refractivity contribution is 7.95. The second-order valence-corrected chi connectivity index (χ2v) is 7.92. The second kappa shape index (κ2) is 8.58. The van der Waals surface area contributed by atoms with Crippen molar-refractivity contribution in [3.63, 3.8) is 0 Å². The Morgan fingerprint density at radius 2 is 2.08 bits per heavy atom. The maximum Gasteiger partial charge on any atom is 0.119 e. The van der Waals surface area contributed by atoms with E-state index in [1.807, 2.05) is 38.4 Å². The van der Waals surface area contributed by atoms with E-state index in [9.17, 15) is 5.26 Å². The molecule has 0 spiro atoms. The lowest BCUT2D eigenvalue weighted by molar-refractivity contribution is 0.374. The van der Waals surface area contributed by atoms with Gasteiger partial charge >= 0.3 is 0 Å². The molecule has 1 aromatic carbocycles. The summed E-state index contributed by atoms with van der Waals surface area (Å²) in [6.07, 6.45) is 4.31. The van der Waals surface area contributed by atoms with Gasteiger partial charge in [0.15, 0.2) is 0 Å². The third-order valence-corrected chi connectivity index (χ3v) is 5.59. The standard InChI is InChI=1S/C19H25N5OS/c1-24(2)26-23-15-9-7-13(8-10-15)18-17(12-20)19(22-21-18)14-5-4-6-16(11-14)25-3/h4-6,11,13,15,23H,7-10H2,1-3H3,(H,21,22). The molecular weight excluding hydrogens is 346 g/mol. The number of rotatable bonds is 6. The minimum atomic E-state index is 0.360. The van der Waals surface area contributed by atoms with Gasteiger partial charge in [-0.3, -0.25) is 5.10 Å². The van der Waals surface area contributed by atoms with E-state index >= 15 is 0 Å². The molecule has 2 aromatic rings. The molecule has 1 aromatic heterocycles. The number of nitriles is 1. The number of H-pyrrole nitrogens is 1. The lowest BCUT2D eigenvalue weighted by Crippen LogP contribution is -2.30. The SMILES string of the molecule is COc1cccc(-c2n[nH]c(C3CCC(NSN(C)C)CC3)c2C#N)c1. The molecule has 2 N–H and O–H groups in total. The molecule has 0 saturated heterocycles. The van der Waals surface area contributed by atoms with Crippen LogP contribution in [0.5, 0.6) is 5.75 Å². The van der Waals surface area contributed by atoms with Crippen LogP contribution in [-0.2, 0) is 0 Å². The predicted octanol–water partition coefficient (Wildman–Crippen LogP) is 3.70. The molecule has 138 valence electrons. The van der Waals surface area contributed by atoms with E-state index in [1.54, 1.807) is 19.2 Å². The third kappa shape index (κ3) is 4.21. The smallest absolute Gasteiger partial charge is 0.119 e. The first-order chi connectivity index (χ1) is 12.6. The van der Waals surface area contributed by atoms with Gasteiger partial charge in [0, 0.05) is 29.7 Å². The molecule has 3 rings (SSSR count). The minimum absolute atomic E-state index is 0.360. The number of nitrogens with zero attached hydrogens (tertiary/aromatic N) is 3. The van der Waals surface area contributed by atoms with Crippen molar-refractivity contribution < 1.29 is 4.74 Å². The van der Waals surface area contributed by atoms with Gasteiger partial charge in [0.25, 0.3) is 0 Å². The highest BCUT2D eigenvalue weighted by atomic mass is 32.2. The van der Waals surface area contributed by atoms with Gasteiger partial charge < -0.3 is 4.74 Å². The number of aromatic nitrogens is 2. The summed E-state index contributed by atoms with van der Waals surface area (Å²) in [7, 11) is 5.71. The summed E-state index contributed by atoms with van der Waals surface area (Å²) >= 11 is 1.65. The molecule has 0 radical (unpaired) electrons. The largest absolute Gasteiger partial charge is 0.497 e. The number of hydrogen-bond donors (Lipinski definition) is 2. The molecule has 7 heteroatoms. The zero-order valence-electron chi connectivity index (χ0n) is 15.5. The Morgan fingerprint density at radius 3 is 2.73 bits per heavy atom. The molecule has 1 saturated carbocycles. The van der Waals surface area contributed by atoms with Crippen molar-refractivity contribution in [2.45, 2.75) is 37.6 Å². The van der Waals surface area contributed by atoms with Crippen LogP contribution in [0, 0.1) is 11.3 Å². The Hall–Kier alpha value is -2.01. The summed E-state index contributed by atoms with van der Waals surface area (Å²) in [6.45, 7) is 0. The van der Waals surface area contributed by atoms with E-state index in [-0.39, 0.29) is 0 Å². The van der Waals surface area contributed by atoms with Crippen molar-refractivity contribution in [2.24, 2.45) is 0 Å². The third-order valence-electron chi connectivity index (χ3n) is 4.79. The Bertz CT molecular complexity index is 774. The molecule has 0 unspecified atom stereocenters. The fourth-order valence-electron chi connectivity index (χ4n) is 3.42. The Balaban J connectivity index is 1.74. The quantitative estimate of drug-likeness (QED) is 0.754. The van der Waals surface area contributed by atoms with Crippen molar-refractivity contribution >= 4 is 12.1 Å². The molecule has 1 fully saturated rings. The summed E-state index contributed by atoms with van der Waals surface area (Å²) in [5.41, 5.74) is 3.26. The molecule has 6 nitrogen and oxygen atoms in total. The molecule has 0 amide bonds. The number of methoxy groups -OCH3 is 1. The minimum Gasteiger partial charge on any atom is -0.497 e. The average molecular weight is 372 g/mol. The number of aromatic amines is 1. The van der Waals surface area contributed by atoms with E-state index in [4.69, 9.17) is 4.74 Å². The van der Waals surface area contributed by atoms with Crippen LogP contribution in [0.3, 0.4) is 0 Å². The Kier molecular flexibility index (Phi) is 6.20. The van der Waals surface area contributed by atoms with Crippen LogP contribution in [0.2, 0.25) is 0 Å². The van der Waals surface area contributed by atoms with Crippen LogP contribution in [-0.4, -0.2) is 41.7 Å². The summed E-state index contributed by atoms with van der Waals surface area (Å²) in [6, 6.07) is 10.6. The van der Waals surface area contributed by atoms with Crippen LogP contribution in [0.4, 0.5) is 0 Å². The van der Waals surface area contributed by atoms with Gasteiger partial charge in [-0.2, -0.15) is 10.4 Å². The summed E-state index contributed by atoms with van der Waals surface area (Å²) in [4.78, 5) is 0. The van der Waals surface area contributed by atoms with Crippen molar-refractivity contribution in [3.05, 3.63) is 35.5 Å². The van der Waals surface area contributed by atoms with E-state index in [0.29, 0.717) is 23.2 Å². The molecule has 1 aliphatic rings. The first kappa shape index (κ1) is 18.8. The van der Waals surface area contributed by atoms with Crippen LogP contribution >= 0.6 is 12.1 Å². The van der Waals surface area contributed by atoms with Gasteiger partial charge in [-0.25, -0.2) is 9.03 Å². The summed E-state index contributed by atoms with van der Waals surface area (Å²) < 4.78 is 10.9. The zero-order chi connectivity index (χ0) is 18.5. The van der Waals surface area contributed by atoms with Crippen molar-refractivity contribution in [2.75, 3.05) is 21.2 Å². The first-order valence-corrected chi connectivity index (χ1v) is 9.62. The zero-order valence-corrected chi connectivity index (χ0v) is 16.3. The van der Waals surface area contributed by atoms with Gasteiger partial charge in [0.1, 0.15) is 23.1 Å². The van der Waals surface area contributed by atoms with Crippen molar-refractivity contribution in [1.82, 2.24) is 19.2 Å². The fourth-order valence-corrected chi connectivity index (χ4v) is 4.02.